The third-order valence-corrected chi connectivity index (χ3v) is 6.95. The summed E-state index contributed by atoms with van der Waals surface area (Å²) < 4.78 is 5.71. The predicted molar refractivity (Wildman–Crippen MR) is 99.2 cm³/mol. The van der Waals surface area contributed by atoms with Crippen LogP contribution in [0.2, 0.25) is 0 Å². The molecule has 2 aromatic carbocycles. The van der Waals surface area contributed by atoms with Crippen LogP contribution in [0.1, 0.15) is 46.9 Å². The third-order valence-electron chi connectivity index (χ3n) is 6.95. The second kappa shape index (κ2) is 5.52. The Morgan fingerprint density at radius 1 is 0.815 bits per heavy atom. The van der Waals surface area contributed by atoms with Crippen molar-refractivity contribution in [3.05, 3.63) is 70.8 Å². The Morgan fingerprint density at radius 3 is 1.70 bits per heavy atom. The lowest BCUT2D eigenvalue weighted by Gasteiger charge is -2.45. The van der Waals surface area contributed by atoms with Crippen LogP contribution in [0, 0.1) is 11.8 Å². The van der Waals surface area contributed by atoms with E-state index in [2.05, 4.69) is 24.3 Å². The fraction of sp³-hybridized carbons (Fsp3) is 0.391. The van der Waals surface area contributed by atoms with Crippen LogP contribution in [-0.2, 0) is 14.3 Å². The lowest BCUT2D eigenvalue weighted by molar-refractivity contribution is -0.141. The average molecular weight is 359 g/mol. The number of carbonyl (C=O) groups excluding carboxylic acids is 2. The number of amides is 2. The van der Waals surface area contributed by atoms with Crippen LogP contribution >= 0.6 is 0 Å². The van der Waals surface area contributed by atoms with E-state index in [1.165, 1.54) is 27.2 Å². The van der Waals surface area contributed by atoms with Crippen LogP contribution in [-0.4, -0.2) is 36.0 Å². The molecular weight excluding hydrogens is 338 g/mol. The minimum Gasteiger partial charge on any atom is -0.376 e. The smallest absolute Gasteiger partial charge is 0.234 e. The molecule has 136 valence electrons. The first kappa shape index (κ1) is 15.6. The number of hydrogen-bond donors (Lipinski definition) is 0. The standard InChI is InChI=1S/C23H21NO3/c25-22-20-18-14-7-1-2-8-15(14)19(17-10-4-3-9-16(17)18)21(20)23(26)24(22)12-13-6-5-11-27-13/h1-4,7-10,13,18-21H,5-6,11-12H2/t13-,18?,19?,20-,21+/m1/s1. The summed E-state index contributed by atoms with van der Waals surface area (Å²) in [6.07, 6.45) is 1.94. The molecule has 2 saturated heterocycles. The highest BCUT2D eigenvalue weighted by atomic mass is 16.5. The highest BCUT2D eigenvalue weighted by Gasteiger charge is 2.61. The summed E-state index contributed by atoms with van der Waals surface area (Å²) in [6, 6.07) is 16.7. The highest BCUT2D eigenvalue weighted by Crippen LogP contribution is 2.60. The van der Waals surface area contributed by atoms with Gasteiger partial charge in [-0.3, -0.25) is 14.5 Å². The summed E-state index contributed by atoms with van der Waals surface area (Å²) in [6.45, 7) is 1.15. The van der Waals surface area contributed by atoms with Crippen molar-refractivity contribution in [3.8, 4) is 0 Å². The Morgan fingerprint density at radius 2 is 1.30 bits per heavy atom. The molecule has 27 heavy (non-hydrogen) atoms. The summed E-state index contributed by atoms with van der Waals surface area (Å²) in [7, 11) is 0. The van der Waals surface area contributed by atoms with Crippen molar-refractivity contribution >= 4 is 11.8 Å². The second-order valence-electron chi connectivity index (χ2n) is 8.19. The molecule has 0 N–H and O–H groups in total. The summed E-state index contributed by atoms with van der Waals surface area (Å²) >= 11 is 0. The van der Waals surface area contributed by atoms with Crippen molar-refractivity contribution in [2.45, 2.75) is 30.8 Å². The summed E-state index contributed by atoms with van der Waals surface area (Å²) in [4.78, 5) is 28.3. The number of likely N-dealkylation sites (tertiary alicyclic amines) is 1. The summed E-state index contributed by atoms with van der Waals surface area (Å²) in [5.41, 5.74) is 4.90. The van der Waals surface area contributed by atoms with Gasteiger partial charge in [0.05, 0.1) is 24.5 Å². The van der Waals surface area contributed by atoms with Gasteiger partial charge in [-0.15, -0.1) is 0 Å². The minimum atomic E-state index is -0.270. The van der Waals surface area contributed by atoms with Crippen LogP contribution in [0.25, 0.3) is 0 Å². The van der Waals surface area contributed by atoms with E-state index in [1.807, 2.05) is 24.3 Å². The van der Waals surface area contributed by atoms with E-state index in [4.69, 9.17) is 4.74 Å². The largest absolute Gasteiger partial charge is 0.376 e. The molecule has 0 saturated carbocycles. The van der Waals surface area contributed by atoms with Gasteiger partial charge in [0, 0.05) is 18.4 Å². The van der Waals surface area contributed by atoms with Gasteiger partial charge in [-0.05, 0) is 35.1 Å². The number of imide groups is 1. The lowest BCUT2D eigenvalue weighted by Crippen LogP contribution is -2.41. The van der Waals surface area contributed by atoms with Gasteiger partial charge < -0.3 is 4.74 Å². The number of ether oxygens (including phenoxy) is 1. The summed E-state index contributed by atoms with van der Waals surface area (Å²) in [5, 5.41) is 0. The zero-order chi connectivity index (χ0) is 18.1. The maximum Gasteiger partial charge on any atom is 0.234 e. The van der Waals surface area contributed by atoms with Gasteiger partial charge >= 0.3 is 0 Å². The first-order valence-electron chi connectivity index (χ1n) is 9.90. The molecule has 3 aliphatic carbocycles. The Balaban J connectivity index is 1.49. The molecule has 0 aromatic heterocycles. The zero-order valence-electron chi connectivity index (χ0n) is 15.0. The third kappa shape index (κ3) is 1.97. The van der Waals surface area contributed by atoms with E-state index in [0.29, 0.717) is 6.54 Å². The van der Waals surface area contributed by atoms with Gasteiger partial charge in [0.25, 0.3) is 0 Å². The van der Waals surface area contributed by atoms with Gasteiger partial charge in [-0.1, -0.05) is 48.5 Å². The minimum absolute atomic E-state index is 0.000423. The van der Waals surface area contributed by atoms with Crippen molar-refractivity contribution in [1.29, 1.82) is 0 Å². The molecule has 5 aliphatic rings. The number of carbonyl (C=O) groups is 2. The normalized spacial score (nSPS) is 33.2. The van der Waals surface area contributed by atoms with Gasteiger partial charge in [0.15, 0.2) is 0 Å². The molecule has 2 aliphatic heterocycles. The van der Waals surface area contributed by atoms with E-state index in [0.717, 1.165) is 19.4 Å². The average Bonchev–Trinajstić information content (AvgIpc) is 3.31. The molecule has 0 spiro atoms. The van der Waals surface area contributed by atoms with Crippen molar-refractivity contribution < 1.29 is 14.3 Å². The maximum atomic E-state index is 13.4. The van der Waals surface area contributed by atoms with Gasteiger partial charge in [0.2, 0.25) is 11.8 Å². The van der Waals surface area contributed by atoms with E-state index in [1.54, 1.807) is 0 Å². The highest BCUT2D eigenvalue weighted by molar-refractivity contribution is 6.07. The first-order valence-corrected chi connectivity index (χ1v) is 9.90. The molecule has 2 fully saturated rings. The second-order valence-corrected chi connectivity index (χ2v) is 8.19. The molecule has 4 heteroatoms. The summed E-state index contributed by atoms with van der Waals surface area (Å²) in [5.74, 6) is -0.571. The van der Waals surface area contributed by atoms with Crippen LogP contribution in [0.5, 0.6) is 0 Å². The molecule has 2 amide bonds. The molecule has 2 aromatic rings. The van der Waals surface area contributed by atoms with Gasteiger partial charge in [0.1, 0.15) is 0 Å². The fourth-order valence-electron chi connectivity index (χ4n) is 5.91. The molecule has 4 nitrogen and oxygen atoms in total. The van der Waals surface area contributed by atoms with Gasteiger partial charge in [-0.25, -0.2) is 0 Å². The van der Waals surface area contributed by atoms with E-state index in [9.17, 15) is 9.59 Å². The van der Waals surface area contributed by atoms with Crippen molar-refractivity contribution in [3.63, 3.8) is 0 Å². The van der Waals surface area contributed by atoms with Crippen LogP contribution < -0.4 is 0 Å². The molecule has 7 rings (SSSR count). The van der Waals surface area contributed by atoms with Crippen molar-refractivity contribution in [2.75, 3.05) is 13.2 Å². The lowest BCUT2D eigenvalue weighted by atomic mass is 9.55. The fourth-order valence-corrected chi connectivity index (χ4v) is 5.91. The SMILES string of the molecule is O=C1[C@@H]2C3c4ccccc4C(c4ccccc43)[C@@H]2C(=O)N1C[C@H]1CCCO1. The monoisotopic (exact) mass is 359 g/mol. The molecule has 0 unspecified atom stereocenters. The van der Waals surface area contributed by atoms with E-state index < -0.39 is 0 Å². The number of benzene rings is 2. The predicted octanol–water partition coefficient (Wildman–Crippen LogP) is 3.06. The van der Waals surface area contributed by atoms with Crippen LogP contribution in [0.15, 0.2) is 48.5 Å². The van der Waals surface area contributed by atoms with E-state index >= 15 is 0 Å². The Hall–Kier alpha value is -2.46. The Labute approximate surface area is 158 Å². The number of nitrogens with zero attached hydrogens (tertiary/aromatic N) is 1. The quantitative estimate of drug-likeness (QED) is 0.775. The zero-order valence-corrected chi connectivity index (χ0v) is 15.0. The van der Waals surface area contributed by atoms with Crippen LogP contribution in [0.4, 0.5) is 0 Å². The first-order chi connectivity index (χ1) is 13.3. The number of rotatable bonds is 2. The van der Waals surface area contributed by atoms with E-state index in [-0.39, 0.29) is 41.6 Å². The molecule has 2 bridgehead atoms. The molecule has 0 radical (unpaired) electrons. The topological polar surface area (TPSA) is 46.6 Å². The Bertz CT molecular complexity index is 846. The maximum absolute atomic E-state index is 13.4. The van der Waals surface area contributed by atoms with Gasteiger partial charge in [-0.2, -0.15) is 0 Å². The Kier molecular flexibility index (Phi) is 3.19. The molecular formula is C23H21NO3. The molecule has 3 atom stereocenters. The molecule has 2 heterocycles. The van der Waals surface area contributed by atoms with Crippen molar-refractivity contribution in [1.82, 2.24) is 4.90 Å². The van der Waals surface area contributed by atoms with Crippen LogP contribution in [0.3, 0.4) is 0 Å². The number of hydrogen-bond acceptors (Lipinski definition) is 3. The van der Waals surface area contributed by atoms with Crippen molar-refractivity contribution in [2.24, 2.45) is 11.8 Å².